The molecule has 4 heteroatoms. The summed E-state index contributed by atoms with van der Waals surface area (Å²) in [7, 11) is 0. The third kappa shape index (κ3) is 3.98. The maximum Gasteiger partial charge on any atom is 0.146 e. The van der Waals surface area contributed by atoms with Gasteiger partial charge in [0.25, 0.3) is 0 Å². The number of benzene rings is 2. The van der Waals surface area contributed by atoms with Crippen LogP contribution in [0.15, 0.2) is 42.5 Å². The van der Waals surface area contributed by atoms with E-state index in [1.807, 2.05) is 24.3 Å². The molecule has 0 N–H and O–H groups in total. The van der Waals surface area contributed by atoms with Gasteiger partial charge >= 0.3 is 0 Å². The van der Waals surface area contributed by atoms with Crippen molar-refractivity contribution in [2.24, 2.45) is 0 Å². The van der Waals surface area contributed by atoms with E-state index in [9.17, 15) is 4.79 Å². The molecule has 0 amide bonds. The van der Waals surface area contributed by atoms with E-state index in [1.165, 1.54) is 0 Å². The molecule has 0 bridgehead atoms. The Labute approximate surface area is 121 Å². The molecule has 0 atom stereocenters. The van der Waals surface area contributed by atoms with Gasteiger partial charge in [0.05, 0.1) is 5.02 Å². The summed E-state index contributed by atoms with van der Waals surface area (Å²) in [5.74, 6) is 1.34. The van der Waals surface area contributed by atoms with E-state index in [-0.39, 0.29) is 5.78 Å². The van der Waals surface area contributed by atoms with Gasteiger partial charge in [-0.05, 0) is 42.8 Å². The molecule has 2 rings (SSSR count). The standard InChI is InChI=1S/C15H12Cl2O2/c1-10(18)8-11-2-5-13(6-3-11)19-15-7-4-12(16)9-14(15)17/h2-7,9H,8H2,1H3. The van der Waals surface area contributed by atoms with Crippen LogP contribution in [-0.2, 0) is 11.2 Å². The maximum atomic E-state index is 11.0. The first-order valence-electron chi connectivity index (χ1n) is 5.76. The number of carbonyl (C=O) groups excluding carboxylic acids is 1. The highest BCUT2D eigenvalue weighted by atomic mass is 35.5. The zero-order valence-electron chi connectivity index (χ0n) is 10.3. The number of hydrogen-bond donors (Lipinski definition) is 0. The number of ether oxygens (including phenoxy) is 1. The largest absolute Gasteiger partial charge is 0.456 e. The fourth-order valence-electron chi connectivity index (χ4n) is 1.65. The molecular formula is C15H12Cl2O2. The summed E-state index contributed by atoms with van der Waals surface area (Å²) >= 11 is 11.8. The van der Waals surface area contributed by atoms with Gasteiger partial charge in [-0.2, -0.15) is 0 Å². The maximum absolute atomic E-state index is 11.0. The Balaban J connectivity index is 2.13. The van der Waals surface area contributed by atoms with Crippen LogP contribution in [0.4, 0.5) is 0 Å². The number of hydrogen-bond acceptors (Lipinski definition) is 2. The van der Waals surface area contributed by atoms with E-state index in [2.05, 4.69) is 0 Å². The van der Waals surface area contributed by atoms with Crippen molar-refractivity contribution in [3.8, 4) is 11.5 Å². The highest BCUT2D eigenvalue weighted by Gasteiger charge is 2.04. The Bertz CT molecular complexity index is 592. The SMILES string of the molecule is CC(=O)Cc1ccc(Oc2ccc(Cl)cc2Cl)cc1. The number of Topliss-reactive ketones (excluding diaryl/α,β-unsaturated/α-hetero) is 1. The van der Waals surface area contributed by atoms with Crippen molar-refractivity contribution >= 4 is 29.0 Å². The Morgan fingerprint density at radius 2 is 1.79 bits per heavy atom. The summed E-state index contributed by atoms with van der Waals surface area (Å²) in [5.41, 5.74) is 0.960. The van der Waals surface area contributed by atoms with E-state index in [4.69, 9.17) is 27.9 Å². The average Bonchev–Trinajstić information content (AvgIpc) is 2.34. The Kier molecular flexibility index (Phi) is 4.46. The quantitative estimate of drug-likeness (QED) is 0.800. The molecule has 0 aliphatic carbocycles. The molecule has 2 aromatic carbocycles. The number of halogens is 2. The van der Waals surface area contributed by atoms with E-state index in [0.717, 1.165) is 5.56 Å². The molecule has 0 spiro atoms. The minimum atomic E-state index is 0.134. The van der Waals surface area contributed by atoms with Gasteiger partial charge in [-0.25, -0.2) is 0 Å². The summed E-state index contributed by atoms with van der Waals surface area (Å²) in [6.07, 6.45) is 0.433. The Morgan fingerprint density at radius 3 is 2.37 bits per heavy atom. The molecular weight excluding hydrogens is 283 g/mol. The minimum absolute atomic E-state index is 0.134. The number of ketones is 1. The highest BCUT2D eigenvalue weighted by Crippen LogP contribution is 2.31. The van der Waals surface area contributed by atoms with Crippen molar-refractivity contribution in [1.29, 1.82) is 0 Å². The normalized spacial score (nSPS) is 10.3. The third-order valence-electron chi connectivity index (χ3n) is 2.50. The van der Waals surface area contributed by atoms with Gasteiger partial charge in [0.15, 0.2) is 0 Å². The predicted octanol–water partition coefficient (Wildman–Crippen LogP) is 4.92. The van der Waals surface area contributed by atoms with Crippen LogP contribution in [0, 0.1) is 0 Å². The molecule has 0 aliphatic rings. The van der Waals surface area contributed by atoms with E-state index < -0.39 is 0 Å². The van der Waals surface area contributed by atoms with Gasteiger partial charge in [-0.15, -0.1) is 0 Å². The van der Waals surface area contributed by atoms with Crippen molar-refractivity contribution in [3.05, 3.63) is 58.1 Å². The molecule has 0 unspecified atom stereocenters. The van der Waals surface area contributed by atoms with Crippen LogP contribution in [-0.4, -0.2) is 5.78 Å². The molecule has 0 saturated carbocycles. The van der Waals surface area contributed by atoms with Crippen molar-refractivity contribution in [3.63, 3.8) is 0 Å². The zero-order valence-corrected chi connectivity index (χ0v) is 11.8. The molecule has 0 aliphatic heterocycles. The second-order valence-corrected chi connectivity index (χ2v) is 5.04. The lowest BCUT2D eigenvalue weighted by molar-refractivity contribution is -0.116. The van der Waals surface area contributed by atoms with Gasteiger partial charge in [0.2, 0.25) is 0 Å². The summed E-state index contributed by atoms with van der Waals surface area (Å²) in [4.78, 5) is 11.0. The van der Waals surface area contributed by atoms with Crippen LogP contribution in [0.1, 0.15) is 12.5 Å². The van der Waals surface area contributed by atoms with E-state index in [0.29, 0.717) is 28.0 Å². The summed E-state index contributed by atoms with van der Waals surface area (Å²) < 4.78 is 5.65. The van der Waals surface area contributed by atoms with E-state index in [1.54, 1.807) is 25.1 Å². The van der Waals surface area contributed by atoms with Crippen molar-refractivity contribution in [2.75, 3.05) is 0 Å². The molecule has 0 aromatic heterocycles. The molecule has 98 valence electrons. The van der Waals surface area contributed by atoms with Crippen molar-refractivity contribution in [1.82, 2.24) is 0 Å². The lowest BCUT2D eigenvalue weighted by Crippen LogP contribution is -1.95. The van der Waals surface area contributed by atoms with Crippen LogP contribution < -0.4 is 4.74 Å². The van der Waals surface area contributed by atoms with Gasteiger partial charge in [0, 0.05) is 11.4 Å². The van der Waals surface area contributed by atoms with Gasteiger partial charge in [-0.3, -0.25) is 4.79 Å². The molecule has 0 heterocycles. The topological polar surface area (TPSA) is 26.3 Å². The first kappa shape index (κ1) is 13.9. The Hall–Kier alpha value is -1.51. The first-order valence-corrected chi connectivity index (χ1v) is 6.51. The second kappa shape index (κ2) is 6.09. The van der Waals surface area contributed by atoms with Crippen LogP contribution in [0.3, 0.4) is 0 Å². The van der Waals surface area contributed by atoms with Gasteiger partial charge < -0.3 is 4.74 Å². The molecule has 19 heavy (non-hydrogen) atoms. The first-order chi connectivity index (χ1) is 9.04. The lowest BCUT2D eigenvalue weighted by Gasteiger charge is -2.08. The number of carbonyl (C=O) groups is 1. The Morgan fingerprint density at radius 1 is 1.11 bits per heavy atom. The zero-order chi connectivity index (χ0) is 13.8. The predicted molar refractivity (Wildman–Crippen MR) is 77.4 cm³/mol. The molecule has 2 nitrogen and oxygen atoms in total. The summed E-state index contributed by atoms with van der Waals surface area (Å²) in [6, 6.07) is 12.4. The van der Waals surface area contributed by atoms with Crippen molar-refractivity contribution in [2.45, 2.75) is 13.3 Å². The van der Waals surface area contributed by atoms with Crippen molar-refractivity contribution < 1.29 is 9.53 Å². The van der Waals surface area contributed by atoms with Crippen LogP contribution in [0.5, 0.6) is 11.5 Å². The van der Waals surface area contributed by atoms with Gasteiger partial charge in [-0.1, -0.05) is 35.3 Å². The summed E-state index contributed by atoms with van der Waals surface area (Å²) in [5, 5.41) is 1.02. The van der Waals surface area contributed by atoms with E-state index >= 15 is 0 Å². The van der Waals surface area contributed by atoms with Crippen LogP contribution >= 0.6 is 23.2 Å². The fraction of sp³-hybridized carbons (Fsp3) is 0.133. The van der Waals surface area contributed by atoms with Gasteiger partial charge in [0.1, 0.15) is 17.3 Å². The smallest absolute Gasteiger partial charge is 0.146 e. The molecule has 2 aromatic rings. The number of rotatable bonds is 4. The monoisotopic (exact) mass is 294 g/mol. The molecule has 0 fully saturated rings. The highest BCUT2D eigenvalue weighted by molar-refractivity contribution is 6.35. The van der Waals surface area contributed by atoms with Crippen LogP contribution in [0.25, 0.3) is 0 Å². The molecule has 0 radical (unpaired) electrons. The fourth-order valence-corrected chi connectivity index (χ4v) is 2.09. The second-order valence-electron chi connectivity index (χ2n) is 4.20. The average molecular weight is 295 g/mol. The minimum Gasteiger partial charge on any atom is -0.456 e. The van der Waals surface area contributed by atoms with Crippen LogP contribution in [0.2, 0.25) is 10.0 Å². The third-order valence-corrected chi connectivity index (χ3v) is 3.03. The summed E-state index contributed by atoms with van der Waals surface area (Å²) in [6.45, 7) is 1.57. The molecule has 0 saturated heterocycles. The lowest BCUT2D eigenvalue weighted by atomic mass is 10.1.